The molecule has 20 heavy (non-hydrogen) atoms. The lowest BCUT2D eigenvalue weighted by molar-refractivity contribution is -0.137. The first-order valence-electron chi connectivity index (χ1n) is 6.43. The molecule has 112 valence electrons. The highest BCUT2D eigenvalue weighted by Gasteiger charge is 2.30. The highest BCUT2D eigenvalue weighted by Crippen LogP contribution is 2.30. The van der Waals surface area contributed by atoms with Crippen LogP contribution in [-0.2, 0) is 11.0 Å². The van der Waals surface area contributed by atoms with Crippen molar-refractivity contribution in [3.05, 3.63) is 35.4 Å². The largest absolute Gasteiger partial charge is 0.416 e. The van der Waals surface area contributed by atoms with E-state index in [1.807, 2.05) is 20.8 Å². The van der Waals surface area contributed by atoms with Crippen LogP contribution in [0.3, 0.4) is 0 Å². The van der Waals surface area contributed by atoms with Crippen molar-refractivity contribution in [2.45, 2.75) is 45.3 Å². The van der Waals surface area contributed by atoms with E-state index in [-0.39, 0.29) is 11.3 Å². The Morgan fingerprint density at radius 2 is 1.65 bits per heavy atom. The minimum absolute atomic E-state index is 0.0680. The number of carbonyl (C=O) groups excluding carboxylic acids is 1. The molecule has 0 heterocycles. The summed E-state index contributed by atoms with van der Waals surface area (Å²) < 4.78 is 37.5. The van der Waals surface area contributed by atoms with E-state index in [1.54, 1.807) is 0 Å². The number of benzene rings is 1. The molecule has 1 aromatic rings. The summed E-state index contributed by atoms with van der Waals surface area (Å²) in [6, 6.07) is 4.78. The second-order valence-corrected chi connectivity index (χ2v) is 5.91. The van der Waals surface area contributed by atoms with Crippen molar-refractivity contribution < 1.29 is 18.0 Å². The maximum atomic E-state index is 12.5. The first-order chi connectivity index (χ1) is 9.00. The van der Waals surface area contributed by atoms with Crippen LogP contribution in [0.15, 0.2) is 24.3 Å². The van der Waals surface area contributed by atoms with E-state index >= 15 is 0 Å². The van der Waals surface area contributed by atoms with E-state index in [4.69, 9.17) is 0 Å². The monoisotopic (exact) mass is 287 g/mol. The number of nitrogens with one attached hydrogen (secondary N) is 1. The molecule has 0 bridgehead atoms. The van der Waals surface area contributed by atoms with Crippen LogP contribution >= 0.6 is 0 Å². The number of hydrogen-bond donors (Lipinski definition) is 1. The van der Waals surface area contributed by atoms with Gasteiger partial charge in [0.1, 0.15) is 5.78 Å². The van der Waals surface area contributed by atoms with E-state index < -0.39 is 17.7 Å². The Morgan fingerprint density at radius 1 is 1.15 bits per heavy atom. The Labute approximate surface area is 117 Å². The van der Waals surface area contributed by atoms with Crippen LogP contribution in [0.2, 0.25) is 0 Å². The number of rotatable bonds is 4. The van der Waals surface area contributed by atoms with Gasteiger partial charge in [0.25, 0.3) is 0 Å². The molecule has 0 unspecified atom stereocenters. The number of carbonyl (C=O) groups is 1. The molecule has 0 spiro atoms. The average molecular weight is 287 g/mol. The minimum Gasteiger partial charge on any atom is -0.311 e. The van der Waals surface area contributed by atoms with Crippen molar-refractivity contribution in [2.75, 3.05) is 6.54 Å². The molecule has 0 aliphatic rings. The van der Waals surface area contributed by atoms with Gasteiger partial charge in [-0.25, -0.2) is 0 Å². The second-order valence-electron chi connectivity index (χ2n) is 5.91. The number of Topliss-reactive ketones (excluding diaryl/α,β-unsaturated/α-hetero) is 1. The van der Waals surface area contributed by atoms with Crippen LogP contribution in [0.4, 0.5) is 13.2 Å². The van der Waals surface area contributed by atoms with E-state index in [2.05, 4.69) is 5.32 Å². The van der Waals surface area contributed by atoms with Crippen molar-refractivity contribution in [3.63, 3.8) is 0 Å². The van der Waals surface area contributed by atoms with E-state index in [1.165, 1.54) is 19.1 Å². The van der Waals surface area contributed by atoms with Gasteiger partial charge in [0, 0.05) is 12.1 Å². The third-order valence-electron chi connectivity index (χ3n) is 2.97. The van der Waals surface area contributed by atoms with Crippen LogP contribution in [0.5, 0.6) is 0 Å². The van der Waals surface area contributed by atoms with Gasteiger partial charge in [0.15, 0.2) is 0 Å². The Hall–Kier alpha value is -1.36. The quantitative estimate of drug-likeness (QED) is 0.913. The molecule has 0 saturated carbocycles. The van der Waals surface area contributed by atoms with Gasteiger partial charge < -0.3 is 5.32 Å². The first-order valence-corrected chi connectivity index (χ1v) is 6.43. The summed E-state index contributed by atoms with van der Waals surface area (Å²) >= 11 is 0. The van der Waals surface area contributed by atoms with Gasteiger partial charge >= 0.3 is 6.18 Å². The highest BCUT2D eigenvalue weighted by molar-refractivity contribution is 5.83. The Bertz CT molecular complexity index is 457. The molecule has 0 aliphatic carbocycles. The molecule has 0 aliphatic heterocycles. The summed E-state index contributed by atoms with van der Waals surface area (Å²) in [5, 5.41) is 3.20. The maximum absolute atomic E-state index is 12.5. The SMILES string of the molecule is CC(=O)[C@H](CNC(C)(C)C)c1ccc(C(F)(F)F)cc1. The normalized spacial score (nSPS) is 14.2. The molecule has 5 heteroatoms. The van der Waals surface area contributed by atoms with Gasteiger partial charge in [0.05, 0.1) is 11.5 Å². The number of halogens is 3. The Kier molecular flexibility index (Phi) is 4.97. The zero-order valence-electron chi connectivity index (χ0n) is 12.1. The highest BCUT2D eigenvalue weighted by atomic mass is 19.4. The predicted molar refractivity (Wildman–Crippen MR) is 72.6 cm³/mol. The van der Waals surface area contributed by atoms with Crippen LogP contribution in [0.25, 0.3) is 0 Å². The number of alkyl halides is 3. The fourth-order valence-corrected chi connectivity index (χ4v) is 1.81. The summed E-state index contributed by atoms with van der Waals surface area (Å²) in [4.78, 5) is 11.7. The van der Waals surface area contributed by atoms with Gasteiger partial charge in [-0.3, -0.25) is 4.79 Å². The third kappa shape index (κ3) is 4.96. The molecule has 1 aromatic carbocycles. The maximum Gasteiger partial charge on any atom is 0.416 e. The predicted octanol–water partition coefficient (Wildman–Crippen LogP) is 3.77. The van der Waals surface area contributed by atoms with Crippen LogP contribution < -0.4 is 5.32 Å². The van der Waals surface area contributed by atoms with E-state index in [9.17, 15) is 18.0 Å². The summed E-state index contributed by atoms with van der Waals surface area (Å²) in [6.45, 7) is 7.77. The summed E-state index contributed by atoms with van der Waals surface area (Å²) in [5.41, 5.74) is -0.255. The second kappa shape index (κ2) is 5.95. The fraction of sp³-hybridized carbons (Fsp3) is 0.533. The van der Waals surface area contributed by atoms with E-state index in [0.717, 1.165) is 12.1 Å². The number of hydrogen-bond acceptors (Lipinski definition) is 2. The molecule has 0 aromatic heterocycles. The third-order valence-corrected chi connectivity index (χ3v) is 2.97. The molecule has 2 nitrogen and oxygen atoms in total. The van der Waals surface area contributed by atoms with Crippen molar-refractivity contribution in [3.8, 4) is 0 Å². The summed E-state index contributed by atoms with van der Waals surface area (Å²) in [6.07, 6.45) is -4.35. The van der Waals surface area contributed by atoms with Crippen molar-refractivity contribution in [1.29, 1.82) is 0 Å². The number of ketones is 1. The molecule has 0 fully saturated rings. The van der Waals surface area contributed by atoms with Gasteiger partial charge in [-0.2, -0.15) is 13.2 Å². The van der Waals surface area contributed by atoms with Crippen LogP contribution in [0.1, 0.15) is 44.7 Å². The zero-order chi connectivity index (χ0) is 15.6. The zero-order valence-corrected chi connectivity index (χ0v) is 12.1. The Morgan fingerprint density at radius 3 is 2.00 bits per heavy atom. The average Bonchev–Trinajstić information content (AvgIpc) is 2.26. The Balaban J connectivity index is 2.91. The van der Waals surface area contributed by atoms with Crippen LogP contribution in [0, 0.1) is 0 Å². The smallest absolute Gasteiger partial charge is 0.311 e. The van der Waals surface area contributed by atoms with Crippen LogP contribution in [-0.4, -0.2) is 17.9 Å². The lowest BCUT2D eigenvalue weighted by atomic mass is 9.93. The lowest BCUT2D eigenvalue weighted by Crippen LogP contribution is -2.39. The molecular weight excluding hydrogens is 267 g/mol. The molecule has 0 amide bonds. The molecular formula is C15H20F3NO. The molecule has 1 rings (SSSR count). The van der Waals surface area contributed by atoms with E-state index in [0.29, 0.717) is 12.1 Å². The topological polar surface area (TPSA) is 29.1 Å². The standard InChI is InChI=1S/C15H20F3NO/c1-10(20)13(9-19-14(2,3)4)11-5-7-12(8-6-11)15(16,17)18/h5-8,13,19H,9H2,1-4H3/t13-/m0/s1. The minimum atomic E-state index is -4.35. The lowest BCUT2D eigenvalue weighted by Gasteiger charge is -2.24. The molecule has 1 N–H and O–H groups in total. The molecule has 1 atom stereocenters. The molecule has 0 radical (unpaired) electrons. The summed E-state index contributed by atoms with van der Waals surface area (Å²) in [7, 11) is 0. The van der Waals surface area contributed by atoms with Crippen molar-refractivity contribution in [2.24, 2.45) is 0 Å². The first kappa shape index (κ1) is 16.7. The van der Waals surface area contributed by atoms with Gasteiger partial charge in [-0.15, -0.1) is 0 Å². The van der Waals surface area contributed by atoms with Gasteiger partial charge in [0.2, 0.25) is 0 Å². The van der Waals surface area contributed by atoms with Gasteiger partial charge in [-0.05, 0) is 45.4 Å². The fourth-order valence-electron chi connectivity index (χ4n) is 1.81. The van der Waals surface area contributed by atoms with Crippen molar-refractivity contribution in [1.82, 2.24) is 5.32 Å². The molecule has 0 saturated heterocycles. The summed E-state index contributed by atoms with van der Waals surface area (Å²) in [5.74, 6) is -0.502. The van der Waals surface area contributed by atoms with Gasteiger partial charge in [-0.1, -0.05) is 12.1 Å². The van der Waals surface area contributed by atoms with Crippen molar-refractivity contribution >= 4 is 5.78 Å².